The number of aryl methyl sites for hydroxylation is 1. The van der Waals surface area contributed by atoms with Gasteiger partial charge in [-0.1, -0.05) is 44.2 Å². The van der Waals surface area contributed by atoms with Crippen molar-refractivity contribution in [2.75, 3.05) is 25.1 Å². The number of ketones is 1. The van der Waals surface area contributed by atoms with Gasteiger partial charge in [-0.25, -0.2) is 9.67 Å². The molecule has 242 valence electrons. The molecule has 12 nitrogen and oxygen atoms in total. The number of Topliss-reactive ketones (excluding diaryl/α,β-unsaturated/α-hetero) is 1. The van der Waals surface area contributed by atoms with Crippen LogP contribution in [0.25, 0.3) is 11.4 Å². The van der Waals surface area contributed by atoms with Gasteiger partial charge in [-0.3, -0.25) is 23.9 Å². The fourth-order valence-corrected chi connectivity index (χ4v) is 6.08. The van der Waals surface area contributed by atoms with Gasteiger partial charge in [0.1, 0.15) is 12.6 Å². The van der Waals surface area contributed by atoms with E-state index in [1.54, 1.807) is 39.9 Å². The minimum absolute atomic E-state index is 0.0347. The van der Waals surface area contributed by atoms with Gasteiger partial charge in [-0.15, -0.1) is 0 Å². The molecule has 45 heavy (non-hydrogen) atoms. The number of nitrogens with zero attached hydrogens (tertiary/aromatic N) is 6. The van der Waals surface area contributed by atoms with Crippen LogP contribution in [-0.4, -0.2) is 84.1 Å². The third-order valence-corrected chi connectivity index (χ3v) is 8.67. The lowest BCUT2D eigenvalue weighted by molar-refractivity contribution is -0.133. The highest BCUT2D eigenvalue weighted by molar-refractivity contribution is 7.98. The van der Waals surface area contributed by atoms with Crippen LogP contribution in [-0.2, 0) is 27.5 Å². The first-order valence-corrected chi connectivity index (χ1v) is 16.8. The number of carbonyl (C=O) groups is 4. The summed E-state index contributed by atoms with van der Waals surface area (Å²) in [6.07, 6.45) is 3.03. The number of carbonyl (C=O) groups excluding carboxylic acids is 4. The number of hydrogen-bond acceptors (Lipinski definition) is 8. The summed E-state index contributed by atoms with van der Waals surface area (Å²) in [6.45, 7) is 9.98. The Morgan fingerprint density at radius 2 is 1.78 bits per heavy atom. The Morgan fingerprint density at radius 1 is 1.04 bits per heavy atom. The molecule has 3 amide bonds. The highest BCUT2D eigenvalue weighted by Crippen LogP contribution is 2.25. The normalized spacial score (nSPS) is 18.2. The predicted octanol–water partition coefficient (Wildman–Crippen LogP) is 3.33. The maximum atomic E-state index is 13.7. The van der Waals surface area contributed by atoms with E-state index in [9.17, 15) is 19.2 Å². The number of benzene rings is 1. The molecule has 3 heterocycles. The van der Waals surface area contributed by atoms with Gasteiger partial charge in [0.05, 0.1) is 23.8 Å². The standard InChI is InChI=1S/C32H44N8O4S/c1-20(2)29-31-35-30(24-11-8-7-9-12-24)37-39(31)17-16-38(27(43)19-40-22(4)28(23(5)41)21(3)36-40)15-10-13-26(42)33-25(14-18-45-6)32(44)34-29/h7-9,11-12,20,25,29H,10,13-19H2,1-6H3,(H,33,42)(H,34,44)/t25-,29+/m0/s1. The topological polar surface area (TPSA) is 144 Å². The number of rotatable bonds is 8. The third-order valence-electron chi connectivity index (χ3n) is 8.02. The summed E-state index contributed by atoms with van der Waals surface area (Å²) in [6, 6.07) is 8.45. The maximum Gasteiger partial charge on any atom is 0.244 e. The Kier molecular flexibility index (Phi) is 11.5. The zero-order valence-corrected chi connectivity index (χ0v) is 27.8. The van der Waals surface area contributed by atoms with Crippen LogP contribution in [0.4, 0.5) is 0 Å². The highest BCUT2D eigenvalue weighted by Gasteiger charge is 2.30. The van der Waals surface area contributed by atoms with Crippen LogP contribution in [0.2, 0.25) is 0 Å². The Balaban J connectivity index is 1.70. The molecule has 3 aromatic rings. The molecule has 4 rings (SSSR count). The van der Waals surface area contributed by atoms with E-state index in [-0.39, 0.29) is 42.4 Å². The van der Waals surface area contributed by atoms with Gasteiger partial charge in [0.25, 0.3) is 0 Å². The Hall–Kier alpha value is -4.00. The van der Waals surface area contributed by atoms with E-state index in [1.165, 1.54) is 6.92 Å². The lowest BCUT2D eigenvalue weighted by Gasteiger charge is -2.28. The molecule has 0 fully saturated rings. The van der Waals surface area contributed by atoms with Crippen LogP contribution in [0, 0.1) is 19.8 Å². The summed E-state index contributed by atoms with van der Waals surface area (Å²) < 4.78 is 3.35. The van der Waals surface area contributed by atoms with E-state index in [0.29, 0.717) is 66.8 Å². The van der Waals surface area contributed by atoms with Crippen LogP contribution < -0.4 is 10.6 Å². The molecule has 0 aliphatic carbocycles. The van der Waals surface area contributed by atoms with E-state index in [4.69, 9.17) is 10.1 Å². The SMILES string of the molecule is CSCC[C@@H]1NC(=O)CCCN(C(=O)Cn2nc(C)c(C(C)=O)c2C)CCn2nc(-c3ccccc3)nc2[C@@H](C(C)C)NC1=O. The number of nitrogens with one attached hydrogen (secondary N) is 2. The van der Waals surface area contributed by atoms with Gasteiger partial charge in [0.15, 0.2) is 17.4 Å². The van der Waals surface area contributed by atoms with E-state index >= 15 is 0 Å². The van der Waals surface area contributed by atoms with Gasteiger partial charge in [-0.2, -0.15) is 22.0 Å². The van der Waals surface area contributed by atoms with Gasteiger partial charge in [0, 0.05) is 30.8 Å². The van der Waals surface area contributed by atoms with Gasteiger partial charge in [-0.05, 0) is 51.5 Å². The molecule has 0 saturated carbocycles. The second-order valence-corrected chi connectivity index (χ2v) is 12.7. The van der Waals surface area contributed by atoms with E-state index < -0.39 is 12.1 Å². The fourth-order valence-electron chi connectivity index (χ4n) is 5.61. The monoisotopic (exact) mass is 636 g/mol. The maximum absolute atomic E-state index is 13.7. The molecule has 0 unspecified atom stereocenters. The Morgan fingerprint density at radius 3 is 2.42 bits per heavy atom. The molecule has 1 aliphatic rings. The van der Waals surface area contributed by atoms with Crippen molar-refractivity contribution in [2.45, 2.75) is 79.1 Å². The minimum atomic E-state index is -0.696. The molecule has 0 bridgehead atoms. The zero-order chi connectivity index (χ0) is 32.7. The van der Waals surface area contributed by atoms with Crippen LogP contribution in [0.1, 0.15) is 73.6 Å². The number of amides is 3. The second-order valence-electron chi connectivity index (χ2n) is 11.8. The van der Waals surface area contributed by atoms with Crippen molar-refractivity contribution in [2.24, 2.45) is 5.92 Å². The number of aromatic nitrogens is 5. The Labute approximate surface area is 268 Å². The molecule has 0 radical (unpaired) electrons. The summed E-state index contributed by atoms with van der Waals surface area (Å²) in [7, 11) is 0. The van der Waals surface area contributed by atoms with Gasteiger partial charge < -0.3 is 15.5 Å². The molecule has 2 N–H and O–H groups in total. The Bertz CT molecular complexity index is 1520. The van der Waals surface area contributed by atoms with Crippen molar-refractivity contribution in [3.05, 3.63) is 53.1 Å². The van der Waals surface area contributed by atoms with E-state index in [2.05, 4.69) is 15.7 Å². The van der Waals surface area contributed by atoms with Crippen molar-refractivity contribution < 1.29 is 19.2 Å². The van der Waals surface area contributed by atoms with Crippen molar-refractivity contribution >= 4 is 35.3 Å². The van der Waals surface area contributed by atoms with Crippen LogP contribution in [0.5, 0.6) is 0 Å². The molecule has 1 aromatic carbocycles. The van der Waals surface area contributed by atoms with E-state index in [1.807, 2.05) is 50.4 Å². The summed E-state index contributed by atoms with van der Waals surface area (Å²) in [5.41, 5.74) is 2.60. The number of hydrogen-bond donors (Lipinski definition) is 2. The average molecular weight is 637 g/mol. The summed E-state index contributed by atoms with van der Waals surface area (Å²) in [4.78, 5) is 59.1. The highest BCUT2D eigenvalue weighted by atomic mass is 32.2. The largest absolute Gasteiger partial charge is 0.344 e. The first-order valence-electron chi connectivity index (χ1n) is 15.4. The fraction of sp³-hybridized carbons (Fsp3) is 0.531. The summed E-state index contributed by atoms with van der Waals surface area (Å²) >= 11 is 1.61. The lowest BCUT2D eigenvalue weighted by atomic mass is 10.0. The van der Waals surface area contributed by atoms with E-state index in [0.717, 1.165) is 5.56 Å². The summed E-state index contributed by atoms with van der Waals surface area (Å²) in [5.74, 6) is 1.02. The van der Waals surface area contributed by atoms with Crippen LogP contribution >= 0.6 is 11.8 Å². The van der Waals surface area contributed by atoms with Crippen LogP contribution in [0.3, 0.4) is 0 Å². The number of thioether (sulfide) groups is 1. The van der Waals surface area contributed by atoms with Gasteiger partial charge in [0.2, 0.25) is 17.7 Å². The third kappa shape index (κ3) is 8.38. The minimum Gasteiger partial charge on any atom is -0.344 e. The quantitative estimate of drug-likeness (QED) is 0.359. The average Bonchev–Trinajstić information content (AvgIpc) is 3.54. The molecule has 1 aliphatic heterocycles. The molecule has 13 heteroatoms. The predicted molar refractivity (Wildman–Crippen MR) is 174 cm³/mol. The lowest BCUT2D eigenvalue weighted by Crippen LogP contribution is -2.49. The smallest absolute Gasteiger partial charge is 0.244 e. The summed E-state index contributed by atoms with van der Waals surface area (Å²) in [5, 5.41) is 15.4. The first kappa shape index (κ1) is 33.9. The van der Waals surface area contributed by atoms with Gasteiger partial charge >= 0.3 is 0 Å². The van der Waals surface area contributed by atoms with Crippen molar-refractivity contribution in [3.8, 4) is 11.4 Å². The van der Waals surface area contributed by atoms with Crippen molar-refractivity contribution in [3.63, 3.8) is 0 Å². The zero-order valence-electron chi connectivity index (χ0n) is 27.0. The second kappa shape index (κ2) is 15.3. The molecule has 0 spiro atoms. The first-order chi connectivity index (χ1) is 21.5. The molecular formula is C32H44N8O4S. The van der Waals surface area contributed by atoms with Crippen molar-refractivity contribution in [1.82, 2.24) is 40.1 Å². The number of fused-ring (bicyclic) bond motifs is 1. The molecule has 2 aromatic heterocycles. The molecule has 2 atom stereocenters. The molecule has 0 saturated heterocycles. The van der Waals surface area contributed by atoms with Crippen LogP contribution in [0.15, 0.2) is 30.3 Å². The molecular weight excluding hydrogens is 592 g/mol. The van der Waals surface area contributed by atoms with Crippen molar-refractivity contribution in [1.29, 1.82) is 0 Å².